The normalized spacial score (nSPS) is 19.5. The van der Waals surface area contributed by atoms with E-state index in [-0.39, 0.29) is 23.3 Å². The molecule has 0 spiro atoms. The molecule has 2 rings (SSSR count). The second-order valence-electron chi connectivity index (χ2n) is 5.10. The van der Waals surface area contributed by atoms with Crippen molar-refractivity contribution in [3.8, 4) is 5.75 Å². The van der Waals surface area contributed by atoms with Gasteiger partial charge in [-0.2, -0.15) is 0 Å². The number of hydrogen-bond acceptors (Lipinski definition) is 2. The number of likely N-dealkylation sites (tertiary alicyclic amines) is 1. The molecule has 1 atom stereocenters. The molecule has 0 aliphatic carbocycles. The van der Waals surface area contributed by atoms with Gasteiger partial charge in [0.2, 0.25) is 0 Å². The van der Waals surface area contributed by atoms with Crippen molar-refractivity contribution in [1.82, 2.24) is 4.90 Å². The summed E-state index contributed by atoms with van der Waals surface area (Å²) in [5.41, 5.74) is 0.0722. The molecule has 104 valence electrons. The van der Waals surface area contributed by atoms with E-state index in [1.165, 1.54) is 6.07 Å². The van der Waals surface area contributed by atoms with Crippen LogP contribution in [-0.2, 0) is 0 Å². The Hall–Kier alpha value is -1.58. The highest BCUT2D eigenvalue weighted by molar-refractivity contribution is 5.97. The lowest BCUT2D eigenvalue weighted by atomic mass is 9.97. The lowest BCUT2D eigenvalue weighted by molar-refractivity contribution is 0.0597. The van der Waals surface area contributed by atoms with Gasteiger partial charge in [-0.3, -0.25) is 4.79 Å². The average Bonchev–Trinajstić information content (AvgIpc) is 2.42. The van der Waals surface area contributed by atoms with Gasteiger partial charge in [0.25, 0.3) is 5.91 Å². The first kappa shape index (κ1) is 13.8. The molecule has 3 nitrogen and oxygen atoms in total. The number of phenolic OH excluding ortho intramolecular Hbond substituents is 1. The highest BCUT2D eigenvalue weighted by atomic mass is 19.1. The smallest absolute Gasteiger partial charge is 0.257 e. The number of rotatable bonds is 3. The minimum atomic E-state index is -0.495. The molecular weight excluding hydrogens is 245 g/mol. The Kier molecular flexibility index (Phi) is 4.40. The van der Waals surface area contributed by atoms with Crippen LogP contribution in [0, 0.1) is 5.82 Å². The summed E-state index contributed by atoms with van der Waals surface area (Å²) in [4.78, 5) is 14.3. The van der Waals surface area contributed by atoms with Gasteiger partial charge in [-0.25, -0.2) is 4.39 Å². The predicted molar refractivity (Wildman–Crippen MR) is 71.6 cm³/mol. The Bertz CT molecular complexity index is 459. The third-order valence-corrected chi connectivity index (χ3v) is 3.70. The molecule has 19 heavy (non-hydrogen) atoms. The van der Waals surface area contributed by atoms with E-state index >= 15 is 0 Å². The molecule has 0 bridgehead atoms. The molecule has 1 saturated heterocycles. The molecule has 0 radical (unpaired) electrons. The van der Waals surface area contributed by atoms with Crippen molar-refractivity contribution in [1.29, 1.82) is 0 Å². The Morgan fingerprint density at radius 2 is 2.26 bits per heavy atom. The van der Waals surface area contributed by atoms with Gasteiger partial charge in [0.15, 0.2) is 0 Å². The van der Waals surface area contributed by atoms with Gasteiger partial charge in [-0.1, -0.05) is 13.3 Å². The maximum absolute atomic E-state index is 13.2. The van der Waals surface area contributed by atoms with Crippen LogP contribution in [0.1, 0.15) is 49.4 Å². The summed E-state index contributed by atoms with van der Waals surface area (Å²) < 4.78 is 13.2. The van der Waals surface area contributed by atoms with Crippen molar-refractivity contribution in [3.05, 3.63) is 29.6 Å². The average molecular weight is 265 g/mol. The van der Waals surface area contributed by atoms with Crippen molar-refractivity contribution in [2.45, 2.75) is 45.1 Å². The first-order chi connectivity index (χ1) is 9.13. The molecule has 1 aliphatic heterocycles. The lowest BCUT2D eigenvalue weighted by Crippen LogP contribution is -2.43. The fourth-order valence-electron chi connectivity index (χ4n) is 2.74. The number of nitrogens with zero attached hydrogens (tertiary/aromatic N) is 1. The topological polar surface area (TPSA) is 40.5 Å². The summed E-state index contributed by atoms with van der Waals surface area (Å²) in [6.07, 6.45) is 5.08. The van der Waals surface area contributed by atoms with E-state index in [4.69, 9.17) is 0 Å². The number of phenols is 1. The number of aromatic hydroxyl groups is 1. The molecule has 1 heterocycles. The summed E-state index contributed by atoms with van der Waals surface area (Å²) in [7, 11) is 0. The number of carbonyl (C=O) groups is 1. The molecule has 1 N–H and O–H groups in total. The van der Waals surface area contributed by atoms with Crippen molar-refractivity contribution in [2.24, 2.45) is 0 Å². The molecule has 4 heteroatoms. The van der Waals surface area contributed by atoms with Crippen LogP contribution in [-0.4, -0.2) is 28.5 Å². The zero-order chi connectivity index (χ0) is 13.8. The summed E-state index contributed by atoms with van der Waals surface area (Å²) in [6, 6.07) is 3.73. The van der Waals surface area contributed by atoms with Gasteiger partial charge in [-0.15, -0.1) is 0 Å². The van der Waals surface area contributed by atoms with Crippen LogP contribution in [0.2, 0.25) is 0 Å². The molecule has 1 fully saturated rings. The molecule has 0 saturated carbocycles. The number of halogens is 1. The highest BCUT2D eigenvalue weighted by Crippen LogP contribution is 2.26. The fraction of sp³-hybridized carbons (Fsp3) is 0.533. The first-order valence-electron chi connectivity index (χ1n) is 6.93. The van der Waals surface area contributed by atoms with Crippen LogP contribution < -0.4 is 0 Å². The van der Waals surface area contributed by atoms with E-state index in [1.54, 1.807) is 4.90 Å². The molecule has 1 aromatic rings. The molecule has 1 unspecified atom stereocenters. The van der Waals surface area contributed by atoms with Gasteiger partial charge >= 0.3 is 0 Å². The zero-order valence-corrected chi connectivity index (χ0v) is 11.2. The fourth-order valence-corrected chi connectivity index (χ4v) is 2.74. The number of benzene rings is 1. The Balaban J connectivity index is 2.23. The van der Waals surface area contributed by atoms with Crippen LogP contribution in [0.5, 0.6) is 5.75 Å². The second-order valence-corrected chi connectivity index (χ2v) is 5.10. The predicted octanol–water partition coefficient (Wildman–Crippen LogP) is 3.33. The standard InChI is InChI=1S/C15H20FNO2/c1-2-5-12-6-3-4-9-17(12)15(19)13-10-11(16)7-8-14(13)18/h7-8,10,12,18H,2-6,9H2,1H3. The maximum Gasteiger partial charge on any atom is 0.257 e. The first-order valence-corrected chi connectivity index (χ1v) is 6.93. The third kappa shape index (κ3) is 3.06. The SMILES string of the molecule is CCCC1CCCCN1C(=O)c1cc(F)ccc1O. The lowest BCUT2D eigenvalue weighted by Gasteiger charge is -2.36. The number of amides is 1. The monoisotopic (exact) mass is 265 g/mol. The molecule has 1 aromatic carbocycles. The van der Waals surface area contributed by atoms with E-state index in [9.17, 15) is 14.3 Å². The highest BCUT2D eigenvalue weighted by Gasteiger charge is 2.28. The van der Waals surface area contributed by atoms with Gasteiger partial charge < -0.3 is 10.0 Å². The quantitative estimate of drug-likeness (QED) is 0.910. The maximum atomic E-state index is 13.2. The minimum Gasteiger partial charge on any atom is -0.507 e. The number of hydrogen-bond donors (Lipinski definition) is 1. The minimum absolute atomic E-state index is 0.0722. The summed E-state index contributed by atoms with van der Waals surface area (Å²) >= 11 is 0. The van der Waals surface area contributed by atoms with Crippen LogP contribution in [0.4, 0.5) is 4.39 Å². The Morgan fingerprint density at radius 3 is 3.00 bits per heavy atom. The molecule has 0 aromatic heterocycles. The Morgan fingerprint density at radius 1 is 1.47 bits per heavy atom. The van der Waals surface area contributed by atoms with Gasteiger partial charge in [0, 0.05) is 12.6 Å². The summed E-state index contributed by atoms with van der Waals surface area (Å²) in [6.45, 7) is 2.79. The van der Waals surface area contributed by atoms with Crippen molar-refractivity contribution in [2.75, 3.05) is 6.54 Å². The van der Waals surface area contributed by atoms with E-state index in [0.29, 0.717) is 6.54 Å². The zero-order valence-electron chi connectivity index (χ0n) is 11.2. The molecular formula is C15H20FNO2. The van der Waals surface area contributed by atoms with Crippen molar-refractivity contribution < 1.29 is 14.3 Å². The van der Waals surface area contributed by atoms with Crippen molar-refractivity contribution >= 4 is 5.91 Å². The molecule has 1 aliphatic rings. The van der Waals surface area contributed by atoms with Crippen LogP contribution in [0.15, 0.2) is 18.2 Å². The van der Waals surface area contributed by atoms with E-state index in [0.717, 1.165) is 44.2 Å². The summed E-state index contributed by atoms with van der Waals surface area (Å²) in [5, 5.41) is 9.74. The summed E-state index contributed by atoms with van der Waals surface area (Å²) in [5.74, 6) is -0.896. The van der Waals surface area contributed by atoms with Crippen LogP contribution in [0.3, 0.4) is 0 Å². The third-order valence-electron chi connectivity index (χ3n) is 3.70. The van der Waals surface area contributed by atoms with E-state index in [1.807, 2.05) is 0 Å². The number of piperidine rings is 1. The van der Waals surface area contributed by atoms with Gasteiger partial charge in [0.1, 0.15) is 11.6 Å². The van der Waals surface area contributed by atoms with Crippen LogP contribution in [0.25, 0.3) is 0 Å². The van der Waals surface area contributed by atoms with Crippen molar-refractivity contribution in [3.63, 3.8) is 0 Å². The molecule has 1 amide bonds. The second kappa shape index (κ2) is 6.04. The van der Waals surface area contributed by atoms with Crippen LogP contribution >= 0.6 is 0 Å². The largest absolute Gasteiger partial charge is 0.507 e. The van der Waals surface area contributed by atoms with Gasteiger partial charge in [-0.05, 0) is 43.9 Å². The number of carbonyl (C=O) groups excluding carboxylic acids is 1. The van der Waals surface area contributed by atoms with Gasteiger partial charge in [0.05, 0.1) is 5.56 Å². The Labute approximate surface area is 113 Å². The van der Waals surface area contributed by atoms with E-state index in [2.05, 4.69) is 6.92 Å². The van der Waals surface area contributed by atoms with E-state index < -0.39 is 5.82 Å².